The van der Waals surface area contributed by atoms with Gasteiger partial charge in [0.15, 0.2) is 0 Å². The molecule has 269 valence electrons. The fourth-order valence-corrected chi connectivity index (χ4v) is 9.39. The van der Waals surface area contributed by atoms with Crippen molar-refractivity contribution in [1.82, 2.24) is 14.5 Å². The minimum Gasteiger partial charge on any atom is -0.333 e. The van der Waals surface area contributed by atoms with Crippen LogP contribution in [0.2, 0.25) is 19.6 Å². The van der Waals surface area contributed by atoms with Crippen LogP contribution in [0.25, 0.3) is 81.4 Å². The Bertz CT molecular complexity index is 2910. The van der Waals surface area contributed by atoms with Gasteiger partial charge in [0.25, 0.3) is 0 Å². The van der Waals surface area contributed by atoms with Gasteiger partial charge in [0.05, 0.1) is 24.9 Å². The molecule has 0 saturated heterocycles. The topological polar surface area (TPSA) is 30.7 Å². The van der Waals surface area contributed by atoms with E-state index in [1.165, 1.54) is 41.9 Å². The van der Waals surface area contributed by atoms with E-state index >= 15 is 0 Å². The molecule has 0 aliphatic carbocycles. The van der Waals surface area contributed by atoms with Gasteiger partial charge in [-0.25, -0.2) is 0 Å². The smallest absolute Gasteiger partial charge is 0.0852 e. The number of hydrogen-bond acceptors (Lipinski definition) is 3. The number of imidazole rings is 1. The summed E-state index contributed by atoms with van der Waals surface area (Å²) in [6, 6.07) is 64.0. The minimum absolute atomic E-state index is 0. The zero-order valence-corrected chi connectivity index (χ0v) is 35.0. The second-order valence-corrected chi connectivity index (χ2v) is 20.6. The second kappa shape index (κ2) is 15.3. The quantitative estimate of drug-likeness (QED) is 0.127. The summed E-state index contributed by atoms with van der Waals surface area (Å²) >= 11 is 1.82. The van der Waals surface area contributed by atoms with Crippen molar-refractivity contribution in [1.29, 1.82) is 0 Å². The Hall–Kier alpha value is -5.49. The van der Waals surface area contributed by atoms with E-state index in [1.54, 1.807) is 0 Å². The normalized spacial score (nSPS) is 11.4. The van der Waals surface area contributed by atoms with Gasteiger partial charge in [0.1, 0.15) is 0 Å². The van der Waals surface area contributed by atoms with Crippen LogP contribution in [0.1, 0.15) is 0 Å². The maximum Gasteiger partial charge on any atom is 0.0852 e. The second-order valence-electron chi connectivity index (χ2n) is 14.5. The van der Waals surface area contributed by atoms with Crippen LogP contribution in [0.5, 0.6) is 0 Å². The van der Waals surface area contributed by atoms with Gasteiger partial charge < -0.3 is 9.55 Å². The van der Waals surface area contributed by atoms with E-state index in [0.717, 1.165) is 44.8 Å². The van der Waals surface area contributed by atoms with Gasteiger partial charge in [0.2, 0.25) is 0 Å². The Labute approximate surface area is 340 Å². The van der Waals surface area contributed by atoms with Crippen LogP contribution >= 0.6 is 11.3 Å². The van der Waals surface area contributed by atoms with Crippen molar-refractivity contribution >= 4 is 66.6 Å². The van der Waals surface area contributed by atoms with Crippen LogP contribution < -0.4 is 5.19 Å². The Morgan fingerprint density at radius 2 is 1.36 bits per heavy atom. The predicted molar refractivity (Wildman–Crippen MR) is 233 cm³/mol. The number of hydrogen-bond donors (Lipinski definition) is 0. The molecule has 0 fully saturated rings. The fourth-order valence-electron chi connectivity index (χ4n) is 7.16. The third-order valence-corrected chi connectivity index (χ3v) is 13.2. The summed E-state index contributed by atoms with van der Waals surface area (Å²) in [6.07, 6.45) is 2.02. The van der Waals surface area contributed by atoms with Crippen LogP contribution in [-0.4, -0.2) is 22.6 Å². The fraction of sp³-hybridized carbons (Fsp3) is 0.0612. The molecule has 10 rings (SSSR count). The van der Waals surface area contributed by atoms with Crippen molar-refractivity contribution < 1.29 is 20.1 Å². The zero-order valence-electron chi connectivity index (χ0n) is 30.7. The number of nitrogens with zero attached hydrogens (tertiary/aromatic N) is 3. The largest absolute Gasteiger partial charge is 0.333 e. The summed E-state index contributed by atoms with van der Waals surface area (Å²) in [5, 5.41) is 6.27. The predicted octanol–water partition coefficient (Wildman–Crippen LogP) is 12.8. The molecule has 55 heavy (non-hydrogen) atoms. The molecular formula is C49H37IrN3SSi-2. The molecule has 6 heteroatoms. The molecule has 0 N–H and O–H groups in total. The number of pyridine rings is 1. The van der Waals surface area contributed by atoms with Crippen molar-refractivity contribution in [2.24, 2.45) is 0 Å². The van der Waals surface area contributed by atoms with Crippen molar-refractivity contribution in [3.05, 3.63) is 182 Å². The first-order valence-electron chi connectivity index (χ1n) is 18.2. The first-order valence-corrected chi connectivity index (χ1v) is 22.6. The molecule has 3 heterocycles. The summed E-state index contributed by atoms with van der Waals surface area (Å²) < 4.78 is 4.83. The molecule has 0 atom stereocenters. The summed E-state index contributed by atoms with van der Waals surface area (Å²) in [6.45, 7) is 7.00. The van der Waals surface area contributed by atoms with E-state index in [-0.39, 0.29) is 20.1 Å². The Balaban J connectivity index is 0.000000212. The molecule has 0 aliphatic heterocycles. The van der Waals surface area contributed by atoms with Crippen molar-refractivity contribution in [2.75, 3.05) is 0 Å². The van der Waals surface area contributed by atoms with E-state index in [1.807, 2.05) is 47.9 Å². The van der Waals surface area contributed by atoms with Gasteiger partial charge >= 0.3 is 0 Å². The number of thiophene rings is 1. The van der Waals surface area contributed by atoms with E-state index in [2.05, 4.69) is 175 Å². The van der Waals surface area contributed by atoms with Crippen LogP contribution in [0.15, 0.2) is 170 Å². The standard InChI is InChI=1S/C35H21N2S.C14H16NSi.Ir/c1-2-11-23(12-3-1)25-14-6-8-19-30(25)37-31-22-21-24-13-4-5-15-26(24)33(31)36-35(37)29-18-10-17-28-27-16-7-9-20-32(27)38-34(28)29;1-16(2,3)13-9-10-14(15-11-13)12-7-5-4-6-8-12;/h1-17,19-22H;4-7,9-11H,1-3H3;/q2*-1;. The summed E-state index contributed by atoms with van der Waals surface area (Å²) in [4.78, 5) is 9.90. The van der Waals surface area contributed by atoms with Crippen molar-refractivity contribution in [2.45, 2.75) is 19.6 Å². The van der Waals surface area contributed by atoms with E-state index in [9.17, 15) is 0 Å². The molecule has 0 amide bonds. The Morgan fingerprint density at radius 3 is 2.15 bits per heavy atom. The van der Waals surface area contributed by atoms with Crippen LogP contribution in [-0.2, 0) is 20.1 Å². The van der Waals surface area contributed by atoms with Crippen LogP contribution in [0.4, 0.5) is 0 Å². The van der Waals surface area contributed by atoms with Crippen molar-refractivity contribution in [3.63, 3.8) is 0 Å². The minimum atomic E-state index is -1.23. The number of rotatable bonds is 5. The zero-order chi connectivity index (χ0) is 36.6. The SMILES string of the molecule is C[Si](C)(C)c1ccc(-c2[c-]cccc2)nc1.[Ir].[c-]1ccc2c(sc3ccccc32)c1-c1nc2c3ccccc3ccc2n1-c1ccccc1-c1ccccc1. The maximum atomic E-state index is 5.38. The number of para-hydroxylation sites is 1. The average Bonchev–Trinajstić information content (AvgIpc) is 3.81. The molecule has 3 nitrogen and oxygen atoms in total. The van der Waals surface area contributed by atoms with E-state index in [4.69, 9.17) is 4.98 Å². The first kappa shape index (κ1) is 36.5. The van der Waals surface area contributed by atoms with E-state index in [0.29, 0.717) is 0 Å². The average molecular weight is 920 g/mol. The van der Waals surface area contributed by atoms with Gasteiger partial charge in [-0.15, -0.1) is 54.1 Å². The Morgan fingerprint density at radius 1 is 0.618 bits per heavy atom. The maximum absolute atomic E-state index is 5.38. The molecule has 0 aliphatic rings. The third-order valence-electron chi connectivity index (χ3n) is 9.96. The molecule has 0 bridgehead atoms. The number of aromatic nitrogens is 3. The third kappa shape index (κ3) is 6.99. The van der Waals surface area contributed by atoms with Gasteiger partial charge in [-0.1, -0.05) is 140 Å². The number of benzene rings is 7. The Kier molecular flexibility index (Phi) is 10.2. The molecule has 3 aromatic heterocycles. The molecule has 1 radical (unpaired) electrons. The molecule has 0 spiro atoms. The van der Waals surface area contributed by atoms with Crippen molar-refractivity contribution in [3.8, 4) is 39.5 Å². The molecular weight excluding hydrogens is 883 g/mol. The first-order chi connectivity index (χ1) is 26.4. The van der Waals surface area contributed by atoms with Gasteiger partial charge in [0, 0.05) is 47.6 Å². The molecule has 0 unspecified atom stereocenters. The van der Waals surface area contributed by atoms with E-state index < -0.39 is 8.07 Å². The molecule has 7 aromatic carbocycles. The summed E-state index contributed by atoms with van der Waals surface area (Å²) in [7, 11) is -1.23. The van der Waals surface area contributed by atoms with Gasteiger partial charge in [-0.05, 0) is 50.1 Å². The monoisotopic (exact) mass is 920 g/mol. The van der Waals surface area contributed by atoms with Gasteiger partial charge in [-0.3, -0.25) is 4.98 Å². The summed E-state index contributed by atoms with van der Waals surface area (Å²) in [5.74, 6) is 0.914. The number of fused-ring (bicyclic) bond motifs is 6. The van der Waals surface area contributed by atoms with Crippen LogP contribution in [0, 0.1) is 12.1 Å². The van der Waals surface area contributed by atoms with Gasteiger partial charge in [-0.2, -0.15) is 11.3 Å². The molecule has 10 aromatic rings. The summed E-state index contributed by atoms with van der Waals surface area (Å²) in [5.41, 5.74) is 8.66. The molecule has 0 saturated carbocycles. The van der Waals surface area contributed by atoms with Crippen LogP contribution in [0.3, 0.4) is 0 Å².